The van der Waals surface area contributed by atoms with Crippen molar-refractivity contribution in [2.24, 2.45) is 0 Å². The highest BCUT2D eigenvalue weighted by molar-refractivity contribution is 6.89. The molecule has 0 spiro atoms. The summed E-state index contributed by atoms with van der Waals surface area (Å²) in [6.07, 6.45) is 0. The maximum atomic E-state index is 2.52. The van der Waals surface area contributed by atoms with E-state index in [2.05, 4.69) is 130 Å². The van der Waals surface area contributed by atoms with Crippen molar-refractivity contribution < 1.29 is 0 Å². The number of hydrogen-bond donors (Lipinski definition) is 0. The molecule has 1 aliphatic rings. The fourth-order valence-electron chi connectivity index (χ4n) is 5.11. The Bertz CT molecular complexity index is 1040. The molecule has 2 heteroatoms. The van der Waals surface area contributed by atoms with Crippen molar-refractivity contribution in [3.63, 3.8) is 0 Å². The third-order valence-corrected chi connectivity index (χ3v) is 10.5. The lowest BCUT2D eigenvalue weighted by molar-refractivity contribution is 1.03. The van der Waals surface area contributed by atoms with E-state index in [1.807, 2.05) is 0 Å². The first-order chi connectivity index (χ1) is 14.7. The van der Waals surface area contributed by atoms with Crippen LogP contribution < -0.4 is 0 Å². The molecule has 0 nitrogen and oxygen atoms in total. The molecule has 0 amide bonds. The molecule has 0 atom stereocenters. The zero-order chi connectivity index (χ0) is 22.2. The molecule has 0 saturated heterocycles. The zero-order valence-electron chi connectivity index (χ0n) is 19.7. The Balaban J connectivity index is 2.17. The standard InChI is InChI=1S/C29H34Si2/c1-30(2,3)28-25(22-16-10-7-11-17-22)26(23-18-12-8-13-19-23)29(31(4,5)6)27(28)24-20-14-9-15-21-24/h7-21,27H,1-6H3. The minimum atomic E-state index is -1.65. The van der Waals surface area contributed by atoms with Gasteiger partial charge in [-0.1, -0.05) is 141 Å². The van der Waals surface area contributed by atoms with Crippen molar-refractivity contribution in [2.75, 3.05) is 0 Å². The summed E-state index contributed by atoms with van der Waals surface area (Å²) < 4.78 is 0. The van der Waals surface area contributed by atoms with E-state index in [-0.39, 0.29) is 0 Å². The summed E-state index contributed by atoms with van der Waals surface area (Å²) in [6.45, 7) is 15.1. The van der Waals surface area contributed by atoms with Gasteiger partial charge < -0.3 is 0 Å². The average molecular weight is 439 g/mol. The van der Waals surface area contributed by atoms with Gasteiger partial charge in [0.2, 0.25) is 0 Å². The van der Waals surface area contributed by atoms with Gasteiger partial charge in [-0.2, -0.15) is 0 Å². The molecule has 0 radical (unpaired) electrons. The molecule has 0 fully saturated rings. The Labute approximate surface area is 190 Å². The van der Waals surface area contributed by atoms with E-state index in [1.54, 1.807) is 10.4 Å². The average Bonchev–Trinajstić information content (AvgIpc) is 3.13. The second-order valence-electron chi connectivity index (χ2n) is 10.7. The van der Waals surface area contributed by atoms with Crippen LogP contribution in [0.25, 0.3) is 11.1 Å². The highest BCUT2D eigenvalue weighted by atomic mass is 28.3. The molecule has 0 saturated carbocycles. The van der Waals surface area contributed by atoms with E-state index in [4.69, 9.17) is 0 Å². The molecule has 0 aliphatic heterocycles. The molecule has 0 unspecified atom stereocenters. The van der Waals surface area contributed by atoms with Gasteiger partial charge in [-0.15, -0.1) is 0 Å². The van der Waals surface area contributed by atoms with Crippen LogP contribution in [0.4, 0.5) is 0 Å². The van der Waals surface area contributed by atoms with Crippen LogP contribution >= 0.6 is 0 Å². The monoisotopic (exact) mass is 438 g/mol. The van der Waals surface area contributed by atoms with Crippen LogP contribution in [-0.2, 0) is 0 Å². The smallest absolute Gasteiger partial charge is 0.0659 e. The van der Waals surface area contributed by atoms with Gasteiger partial charge >= 0.3 is 0 Å². The van der Waals surface area contributed by atoms with Gasteiger partial charge in [-0.25, -0.2) is 0 Å². The molecular formula is C29H34Si2. The lowest BCUT2D eigenvalue weighted by Gasteiger charge is -2.33. The van der Waals surface area contributed by atoms with Crippen molar-refractivity contribution in [2.45, 2.75) is 45.2 Å². The number of hydrogen-bond acceptors (Lipinski definition) is 0. The summed E-state index contributed by atoms with van der Waals surface area (Å²) in [5.41, 5.74) is 7.21. The molecule has 0 aromatic heterocycles. The fraction of sp³-hybridized carbons (Fsp3) is 0.241. The summed E-state index contributed by atoms with van der Waals surface area (Å²) >= 11 is 0. The number of benzene rings is 3. The molecular weight excluding hydrogens is 404 g/mol. The molecule has 0 bridgehead atoms. The predicted octanol–water partition coefficient (Wildman–Crippen LogP) is 8.45. The van der Waals surface area contributed by atoms with Gasteiger partial charge in [0.05, 0.1) is 16.1 Å². The minimum Gasteiger partial charge on any atom is -0.0659 e. The molecule has 158 valence electrons. The number of rotatable bonds is 5. The third kappa shape index (κ3) is 4.19. The highest BCUT2D eigenvalue weighted by Gasteiger charge is 2.45. The van der Waals surface area contributed by atoms with Crippen LogP contribution in [0.1, 0.15) is 22.6 Å². The van der Waals surface area contributed by atoms with Gasteiger partial charge in [0.15, 0.2) is 0 Å². The Morgan fingerprint density at radius 2 is 0.774 bits per heavy atom. The van der Waals surface area contributed by atoms with Crippen molar-refractivity contribution in [3.8, 4) is 0 Å². The molecule has 31 heavy (non-hydrogen) atoms. The van der Waals surface area contributed by atoms with E-state index in [1.165, 1.54) is 27.8 Å². The Kier molecular flexibility index (Phi) is 5.80. The summed E-state index contributed by atoms with van der Waals surface area (Å²) in [5, 5.41) is 3.39. The summed E-state index contributed by atoms with van der Waals surface area (Å²) in [4.78, 5) is 0. The first kappa shape index (κ1) is 21.8. The molecule has 4 rings (SSSR count). The molecule has 0 heterocycles. The van der Waals surface area contributed by atoms with Crippen LogP contribution in [-0.4, -0.2) is 16.1 Å². The van der Waals surface area contributed by atoms with Crippen molar-refractivity contribution >= 4 is 27.3 Å². The van der Waals surface area contributed by atoms with Gasteiger partial charge in [-0.3, -0.25) is 0 Å². The van der Waals surface area contributed by atoms with Crippen LogP contribution in [0.2, 0.25) is 39.3 Å². The first-order valence-electron chi connectivity index (χ1n) is 11.3. The highest BCUT2D eigenvalue weighted by Crippen LogP contribution is 2.56. The van der Waals surface area contributed by atoms with Gasteiger partial charge in [0.25, 0.3) is 0 Å². The van der Waals surface area contributed by atoms with Gasteiger partial charge in [0, 0.05) is 5.92 Å². The van der Waals surface area contributed by atoms with Crippen LogP contribution in [0.3, 0.4) is 0 Å². The van der Waals surface area contributed by atoms with Crippen LogP contribution in [0.15, 0.2) is 101 Å². The second kappa shape index (κ2) is 8.25. The van der Waals surface area contributed by atoms with Crippen molar-refractivity contribution in [1.29, 1.82) is 0 Å². The second-order valence-corrected chi connectivity index (χ2v) is 20.7. The van der Waals surface area contributed by atoms with E-state index in [0.29, 0.717) is 5.92 Å². The molecule has 3 aromatic rings. The summed E-state index contributed by atoms with van der Waals surface area (Å²) in [6, 6.07) is 33.5. The summed E-state index contributed by atoms with van der Waals surface area (Å²) in [5.74, 6) is 0.393. The topological polar surface area (TPSA) is 0 Å². The Hall–Kier alpha value is -2.43. The molecule has 1 aliphatic carbocycles. The minimum absolute atomic E-state index is 0.393. The van der Waals surface area contributed by atoms with E-state index in [9.17, 15) is 0 Å². The van der Waals surface area contributed by atoms with Crippen LogP contribution in [0, 0.1) is 0 Å². The largest absolute Gasteiger partial charge is 0.0744 e. The fourth-order valence-corrected chi connectivity index (χ4v) is 9.64. The summed E-state index contributed by atoms with van der Waals surface area (Å²) in [7, 11) is -3.30. The van der Waals surface area contributed by atoms with E-state index in [0.717, 1.165) is 0 Å². The van der Waals surface area contributed by atoms with E-state index < -0.39 is 16.1 Å². The lowest BCUT2D eigenvalue weighted by Crippen LogP contribution is -2.33. The normalized spacial score (nSPS) is 15.7. The van der Waals surface area contributed by atoms with E-state index >= 15 is 0 Å². The maximum absolute atomic E-state index is 2.52. The SMILES string of the molecule is C[Si](C)(C)C1=C(c2ccccc2)C(c2ccccc2)=C([Si](C)(C)C)C1c1ccccc1. The first-order valence-corrected chi connectivity index (χ1v) is 18.3. The predicted molar refractivity (Wildman–Crippen MR) is 143 cm³/mol. The van der Waals surface area contributed by atoms with Crippen molar-refractivity contribution in [1.82, 2.24) is 0 Å². The quantitative estimate of drug-likeness (QED) is 0.350. The molecule has 3 aromatic carbocycles. The lowest BCUT2D eigenvalue weighted by atomic mass is 9.95. The maximum Gasteiger partial charge on any atom is 0.0744 e. The third-order valence-electron chi connectivity index (χ3n) is 6.24. The molecule has 0 N–H and O–H groups in total. The van der Waals surface area contributed by atoms with Gasteiger partial charge in [0.1, 0.15) is 0 Å². The van der Waals surface area contributed by atoms with Crippen molar-refractivity contribution in [3.05, 3.63) is 118 Å². The Morgan fingerprint density at radius 1 is 0.452 bits per heavy atom. The Morgan fingerprint density at radius 3 is 1.10 bits per heavy atom. The van der Waals surface area contributed by atoms with Crippen LogP contribution in [0.5, 0.6) is 0 Å². The van der Waals surface area contributed by atoms with Gasteiger partial charge in [-0.05, 0) is 27.8 Å². The zero-order valence-corrected chi connectivity index (χ0v) is 21.7. The number of allylic oxidation sites excluding steroid dienone is 4.